The highest BCUT2D eigenvalue weighted by molar-refractivity contribution is 6.31. The zero-order valence-corrected chi connectivity index (χ0v) is 15.8. The van der Waals surface area contributed by atoms with Gasteiger partial charge in [-0.05, 0) is 51.1 Å². The van der Waals surface area contributed by atoms with Gasteiger partial charge in [-0.3, -0.25) is 10.1 Å². The Kier molecular flexibility index (Phi) is 6.38. The lowest BCUT2D eigenvalue weighted by atomic mass is 10.1. The fourth-order valence-electron chi connectivity index (χ4n) is 2.20. The minimum atomic E-state index is -0.762. The molecule has 0 aromatic heterocycles. The average molecular weight is 397 g/mol. The molecule has 0 fully saturated rings. The molecule has 0 aliphatic heterocycles. The van der Waals surface area contributed by atoms with E-state index >= 15 is 0 Å². The highest BCUT2D eigenvalue weighted by atomic mass is 35.5. The summed E-state index contributed by atoms with van der Waals surface area (Å²) in [7, 11) is 0. The summed E-state index contributed by atoms with van der Waals surface area (Å²) in [6.07, 6.45) is -1.12. The molecule has 0 unspecified atom stereocenters. The minimum absolute atomic E-state index is 0.0123. The number of hydrogen-bond donors (Lipinski definition) is 2. The van der Waals surface area contributed by atoms with Gasteiger partial charge in [-0.15, -0.1) is 0 Å². The maximum atomic E-state index is 13.8. The number of anilines is 2. The van der Waals surface area contributed by atoms with Crippen LogP contribution >= 0.6 is 11.6 Å². The van der Waals surface area contributed by atoms with Gasteiger partial charge in [-0.25, -0.2) is 13.6 Å². The van der Waals surface area contributed by atoms with E-state index in [0.717, 1.165) is 12.1 Å². The van der Waals surface area contributed by atoms with Crippen LogP contribution in [-0.4, -0.2) is 17.6 Å². The zero-order valence-electron chi connectivity index (χ0n) is 15.0. The van der Waals surface area contributed by atoms with Crippen LogP contribution in [0.4, 0.5) is 25.0 Å². The standard InChI is InChI=1S/C19H19ClF2N2O3/c1-19(2,3)27-18(26)24-15-8-7-11(21)9-16(15)23-17(25)10-12-13(20)5-4-6-14(12)22/h4-9H,10H2,1-3H3,(H,23,25)(H,24,26). The molecule has 2 aromatic carbocycles. The second-order valence-corrected chi connectivity index (χ2v) is 7.15. The fourth-order valence-corrected chi connectivity index (χ4v) is 2.43. The van der Waals surface area contributed by atoms with Crippen molar-refractivity contribution < 1.29 is 23.1 Å². The van der Waals surface area contributed by atoms with Crippen molar-refractivity contribution >= 4 is 35.0 Å². The molecule has 0 saturated heterocycles. The quantitative estimate of drug-likeness (QED) is 0.751. The van der Waals surface area contributed by atoms with Gasteiger partial charge in [0.1, 0.15) is 17.2 Å². The Bertz CT molecular complexity index is 846. The van der Waals surface area contributed by atoms with Crippen LogP contribution in [0.25, 0.3) is 0 Å². The van der Waals surface area contributed by atoms with E-state index in [0.29, 0.717) is 0 Å². The first-order chi connectivity index (χ1) is 12.5. The molecule has 2 amide bonds. The molecule has 0 bridgehead atoms. The van der Waals surface area contributed by atoms with Crippen molar-refractivity contribution in [1.29, 1.82) is 0 Å². The Balaban J connectivity index is 2.16. The van der Waals surface area contributed by atoms with Crippen LogP contribution < -0.4 is 10.6 Å². The summed E-state index contributed by atoms with van der Waals surface area (Å²) in [6.45, 7) is 5.08. The van der Waals surface area contributed by atoms with Crippen molar-refractivity contribution in [3.63, 3.8) is 0 Å². The number of carbonyl (C=O) groups excluding carboxylic acids is 2. The molecule has 27 heavy (non-hydrogen) atoms. The molecule has 0 aliphatic rings. The Hall–Kier alpha value is -2.67. The Morgan fingerprint density at radius 1 is 1.07 bits per heavy atom. The third-order valence-electron chi connectivity index (χ3n) is 3.29. The average Bonchev–Trinajstić information content (AvgIpc) is 2.52. The number of benzene rings is 2. The molecular formula is C19H19ClF2N2O3. The van der Waals surface area contributed by atoms with Gasteiger partial charge in [0, 0.05) is 10.6 Å². The summed E-state index contributed by atoms with van der Waals surface area (Å²) >= 11 is 5.91. The van der Waals surface area contributed by atoms with Crippen LogP contribution in [0.15, 0.2) is 36.4 Å². The maximum absolute atomic E-state index is 13.8. The summed E-state index contributed by atoms with van der Waals surface area (Å²) in [5, 5.41) is 5.00. The Labute approximate surface area is 160 Å². The second kappa shape index (κ2) is 8.35. The lowest BCUT2D eigenvalue weighted by molar-refractivity contribution is -0.115. The van der Waals surface area contributed by atoms with Crippen molar-refractivity contribution in [1.82, 2.24) is 0 Å². The van der Waals surface area contributed by atoms with Crippen molar-refractivity contribution in [3.05, 3.63) is 58.6 Å². The number of ether oxygens (including phenoxy) is 1. The van der Waals surface area contributed by atoms with E-state index in [9.17, 15) is 18.4 Å². The number of carbonyl (C=O) groups is 2. The number of halogens is 3. The van der Waals surface area contributed by atoms with Gasteiger partial charge >= 0.3 is 6.09 Å². The lowest BCUT2D eigenvalue weighted by Gasteiger charge is -2.20. The SMILES string of the molecule is CC(C)(C)OC(=O)Nc1ccc(F)cc1NC(=O)Cc1c(F)cccc1Cl. The molecule has 0 heterocycles. The van der Waals surface area contributed by atoms with Crippen molar-refractivity contribution in [3.8, 4) is 0 Å². The van der Waals surface area contributed by atoms with Gasteiger partial charge in [-0.1, -0.05) is 17.7 Å². The number of amides is 2. The molecule has 2 rings (SSSR count). The third kappa shape index (κ3) is 6.21. The van der Waals surface area contributed by atoms with Crippen LogP contribution in [-0.2, 0) is 16.0 Å². The summed E-state index contributed by atoms with van der Waals surface area (Å²) in [5.41, 5.74) is -0.554. The maximum Gasteiger partial charge on any atom is 0.412 e. The summed E-state index contributed by atoms with van der Waals surface area (Å²) in [4.78, 5) is 24.2. The van der Waals surface area contributed by atoms with Crippen LogP contribution in [0.5, 0.6) is 0 Å². The lowest BCUT2D eigenvalue weighted by Crippen LogP contribution is -2.27. The van der Waals surface area contributed by atoms with Gasteiger partial charge in [-0.2, -0.15) is 0 Å². The van der Waals surface area contributed by atoms with Gasteiger partial charge < -0.3 is 10.1 Å². The molecule has 0 saturated carbocycles. The first-order valence-corrected chi connectivity index (χ1v) is 8.45. The van der Waals surface area contributed by atoms with E-state index in [-0.39, 0.29) is 28.4 Å². The molecule has 8 heteroatoms. The minimum Gasteiger partial charge on any atom is -0.444 e. The molecule has 144 valence electrons. The topological polar surface area (TPSA) is 67.4 Å². The zero-order chi connectivity index (χ0) is 20.2. The highest BCUT2D eigenvalue weighted by Gasteiger charge is 2.19. The van der Waals surface area contributed by atoms with E-state index in [1.807, 2.05) is 0 Å². The van der Waals surface area contributed by atoms with E-state index in [4.69, 9.17) is 16.3 Å². The fraction of sp³-hybridized carbons (Fsp3) is 0.263. The monoisotopic (exact) mass is 396 g/mol. The molecule has 2 aromatic rings. The van der Waals surface area contributed by atoms with Crippen molar-refractivity contribution in [2.75, 3.05) is 10.6 Å². The van der Waals surface area contributed by atoms with Gasteiger partial charge in [0.15, 0.2) is 0 Å². The summed E-state index contributed by atoms with van der Waals surface area (Å²) in [6, 6.07) is 7.51. The first-order valence-electron chi connectivity index (χ1n) is 8.07. The van der Waals surface area contributed by atoms with E-state index < -0.39 is 29.2 Å². The predicted octanol–water partition coefficient (Wildman–Crippen LogP) is 5.15. The summed E-state index contributed by atoms with van der Waals surface area (Å²) in [5.74, 6) is -1.87. The highest BCUT2D eigenvalue weighted by Crippen LogP contribution is 2.25. The van der Waals surface area contributed by atoms with Gasteiger partial charge in [0.05, 0.1) is 17.8 Å². The van der Waals surface area contributed by atoms with E-state index in [1.54, 1.807) is 20.8 Å². The largest absolute Gasteiger partial charge is 0.444 e. The van der Waals surface area contributed by atoms with E-state index in [1.165, 1.54) is 24.3 Å². The van der Waals surface area contributed by atoms with Crippen LogP contribution in [0, 0.1) is 11.6 Å². The summed E-state index contributed by atoms with van der Waals surface area (Å²) < 4.78 is 32.5. The first kappa shape index (κ1) is 20.6. The molecule has 0 atom stereocenters. The molecule has 0 aliphatic carbocycles. The smallest absolute Gasteiger partial charge is 0.412 e. The van der Waals surface area contributed by atoms with Gasteiger partial charge in [0.25, 0.3) is 0 Å². The van der Waals surface area contributed by atoms with Crippen molar-refractivity contribution in [2.45, 2.75) is 32.8 Å². The Morgan fingerprint density at radius 3 is 2.41 bits per heavy atom. The number of hydrogen-bond acceptors (Lipinski definition) is 3. The molecule has 2 N–H and O–H groups in total. The number of nitrogens with one attached hydrogen (secondary N) is 2. The molecular weight excluding hydrogens is 378 g/mol. The van der Waals surface area contributed by atoms with Crippen LogP contribution in [0.1, 0.15) is 26.3 Å². The van der Waals surface area contributed by atoms with Gasteiger partial charge in [0.2, 0.25) is 5.91 Å². The molecule has 5 nitrogen and oxygen atoms in total. The van der Waals surface area contributed by atoms with E-state index in [2.05, 4.69) is 10.6 Å². The second-order valence-electron chi connectivity index (χ2n) is 6.74. The third-order valence-corrected chi connectivity index (χ3v) is 3.64. The molecule has 0 radical (unpaired) electrons. The molecule has 0 spiro atoms. The van der Waals surface area contributed by atoms with Crippen molar-refractivity contribution in [2.24, 2.45) is 0 Å². The normalized spacial score (nSPS) is 11.0. The van der Waals surface area contributed by atoms with Crippen LogP contribution in [0.2, 0.25) is 5.02 Å². The Morgan fingerprint density at radius 2 is 1.78 bits per heavy atom. The number of rotatable bonds is 4. The van der Waals surface area contributed by atoms with Crippen LogP contribution in [0.3, 0.4) is 0 Å². The predicted molar refractivity (Wildman–Crippen MR) is 100 cm³/mol.